The van der Waals surface area contributed by atoms with E-state index in [4.69, 9.17) is 4.42 Å². The normalized spacial score (nSPS) is 10.5. The summed E-state index contributed by atoms with van der Waals surface area (Å²) in [5, 5.41) is 0. The molecule has 5 nitrogen and oxygen atoms in total. The number of furan rings is 1. The van der Waals surface area contributed by atoms with Crippen molar-refractivity contribution < 1.29 is 9.21 Å². The Labute approximate surface area is 107 Å². The van der Waals surface area contributed by atoms with E-state index in [1.54, 1.807) is 30.3 Å². The minimum Gasteiger partial charge on any atom is -0.444 e. The molecule has 17 heavy (non-hydrogen) atoms. The maximum atomic E-state index is 12.0. The summed E-state index contributed by atoms with van der Waals surface area (Å²) in [6.45, 7) is 0.445. The van der Waals surface area contributed by atoms with Gasteiger partial charge >= 0.3 is 0 Å². The van der Waals surface area contributed by atoms with E-state index in [-0.39, 0.29) is 5.91 Å². The van der Waals surface area contributed by atoms with E-state index in [0.29, 0.717) is 17.0 Å². The Morgan fingerprint density at radius 2 is 2.35 bits per heavy atom. The maximum absolute atomic E-state index is 12.0. The first-order chi connectivity index (χ1) is 8.08. The lowest BCUT2D eigenvalue weighted by atomic mass is 10.4. The highest BCUT2D eigenvalue weighted by Gasteiger charge is 2.16. The lowest BCUT2D eigenvalue weighted by molar-refractivity contribution is 0.0747. The van der Waals surface area contributed by atoms with Gasteiger partial charge in [-0.2, -0.15) is 0 Å². The molecule has 0 aliphatic rings. The summed E-state index contributed by atoms with van der Waals surface area (Å²) >= 11 is 3.17. The number of amides is 1. The van der Waals surface area contributed by atoms with Crippen molar-refractivity contribution in [2.24, 2.45) is 7.05 Å². The van der Waals surface area contributed by atoms with Crippen molar-refractivity contribution in [2.75, 3.05) is 7.05 Å². The molecule has 2 aromatic rings. The van der Waals surface area contributed by atoms with Crippen LogP contribution in [0.5, 0.6) is 0 Å². The van der Waals surface area contributed by atoms with E-state index < -0.39 is 0 Å². The SMILES string of the molecule is CN(Cc1nccn1C)C(=O)c1ccc(Br)o1. The van der Waals surface area contributed by atoms with Crippen molar-refractivity contribution in [2.45, 2.75) is 6.54 Å². The van der Waals surface area contributed by atoms with Crippen LogP contribution in [0.4, 0.5) is 0 Å². The van der Waals surface area contributed by atoms with Gasteiger partial charge in [-0.15, -0.1) is 0 Å². The molecule has 90 valence electrons. The molecule has 0 fully saturated rings. The molecule has 0 radical (unpaired) electrons. The first-order valence-electron chi connectivity index (χ1n) is 5.05. The van der Waals surface area contributed by atoms with E-state index >= 15 is 0 Å². The zero-order chi connectivity index (χ0) is 12.4. The third-order valence-electron chi connectivity index (χ3n) is 2.43. The Morgan fingerprint density at radius 1 is 1.59 bits per heavy atom. The Kier molecular flexibility index (Phi) is 3.33. The second-order valence-electron chi connectivity index (χ2n) is 3.72. The van der Waals surface area contributed by atoms with Crippen LogP contribution in [-0.4, -0.2) is 27.4 Å². The van der Waals surface area contributed by atoms with Gasteiger partial charge in [0, 0.05) is 26.5 Å². The van der Waals surface area contributed by atoms with Crippen LogP contribution in [-0.2, 0) is 13.6 Å². The summed E-state index contributed by atoms with van der Waals surface area (Å²) in [7, 11) is 3.61. The van der Waals surface area contributed by atoms with Gasteiger partial charge in [-0.1, -0.05) is 0 Å². The van der Waals surface area contributed by atoms with Crippen LogP contribution in [0.2, 0.25) is 0 Å². The van der Waals surface area contributed by atoms with E-state index in [1.807, 2.05) is 17.8 Å². The van der Waals surface area contributed by atoms with Crippen LogP contribution in [0, 0.1) is 0 Å². The third-order valence-corrected chi connectivity index (χ3v) is 2.86. The Balaban J connectivity index is 2.08. The molecule has 6 heteroatoms. The van der Waals surface area contributed by atoms with E-state index in [9.17, 15) is 4.79 Å². The van der Waals surface area contributed by atoms with Crippen LogP contribution in [0.1, 0.15) is 16.4 Å². The fourth-order valence-corrected chi connectivity index (χ4v) is 1.76. The van der Waals surface area contributed by atoms with Crippen LogP contribution in [0.25, 0.3) is 0 Å². The van der Waals surface area contributed by atoms with Crippen molar-refractivity contribution in [3.8, 4) is 0 Å². The predicted molar refractivity (Wildman–Crippen MR) is 65.4 cm³/mol. The molecule has 0 spiro atoms. The summed E-state index contributed by atoms with van der Waals surface area (Å²) in [4.78, 5) is 17.7. The highest BCUT2D eigenvalue weighted by Crippen LogP contribution is 2.16. The van der Waals surface area contributed by atoms with Crippen LogP contribution in [0.3, 0.4) is 0 Å². The fourth-order valence-electron chi connectivity index (χ4n) is 1.45. The van der Waals surface area contributed by atoms with E-state index in [1.165, 1.54) is 0 Å². The first kappa shape index (κ1) is 11.9. The summed E-state index contributed by atoms with van der Waals surface area (Å²) in [5.41, 5.74) is 0. The molecule has 2 rings (SSSR count). The molecule has 0 N–H and O–H groups in total. The zero-order valence-corrected chi connectivity index (χ0v) is 11.1. The number of imidazole rings is 1. The Bertz CT molecular complexity index is 532. The number of hydrogen-bond donors (Lipinski definition) is 0. The van der Waals surface area contributed by atoms with E-state index in [0.717, 1.165) is 5.82 Å². The maximum Gasteiger partial charge on any atom is 0.289 e. The number of aryl methyl sites for hydroxylation is 1. The molecule has 0 atom stereocenters. The summed E-state index contributed by atoms with van der Waals surface area (Å²) in [6, 6.07) is 3.34. The molecule has 0 saturated heterocycles. The van der Waals surface area contributed by atoms with Crippen molar-refractivity contribution in [3.63, 3.8) is 0 Å². The lowest BCUT2D eigenvalue weighted by Crippen LogP contribution is -2.27. The van der Waals surface area contributed by atoms with Gasteiger partial charge in [-0.25, -0.2) is 4.98 Å². The van der Waals surface area contributed by atoms with Gasteiger partial charge in [0.1, 0.15) is 5.82 Å². The lowest BCUT2D eigenvalue weighted by Gasteiger charge is -2.15. The summed E-state index contributed by atoms with van der Waals surface area (Å²) < 4.78 is 7.64. The average Bonchev–Trinajstić information content (AvgIpc) is 2.88. The van der Waals surface area contributed by atoms with Gasteiger partial charge in [-0.05, 0) is 28.1 Å². The van der Waals surface area contributed by atoms with Gasteiger partial charge in [0.05, 0.1) is 6.54 Å². The largest absolute Gasteiger partial charge is 0.444 e. The number of nitrogens with zero attached hydrogens (tertiary/aromatic N) is 3. The highest BCUT2D eigenvalue weighted by atomic mass is 79.9. The highest BCUT2D eigenvalue weighted by molar-refractivity contribution is 9.10. The molecule has 0 bridgehead atoms. The number of carbonyl (C=O) groups is 1. The third kappa shape index (κ3) is 2.58. The molecule has 0 saturated carbocycles. The quantitative estimate of drug-likeness (QED) is 0.871. The van der Waals surface area contributed by atoms with Gasteiger partial charge in [0.2, 0.25) is 0 Å². The van der Waals surface area contributed by atoms with Crippen LogP contribution >= 0.6 is 15.9 Å². The second-order valence-corrected chi connectivity index (χ2v) is 4.50. The molecule has 2 heterocycles. The smallest absolute Gasteiger partial charge is 0.289 e. The van der Waals surface area contributed by atoms with Gasteiger partial charge < -0.3 is 13.9 Å². The van der Waals surface area contributed by atoms with Gasteiger partial charge in [0.15, 0.2) is 10.4 Å². The summed E-state index contributed by atoms with van der Waals surface area (Å²) in [5.74, 6) is 0.971. The minimum absolute atomic E-state index is 0.168. The van der Waals surface area contributed by atoms with E-state index in [2.05, 4.69) is 20.9 Å². The number of hydrogen-bond acceptors (Lipinski definition) is 3. The topological polar surface area (TPSA) is 51.3 Å². The number of carbonyl (C=O) groups excluding carboxylic acids is 1. The number of rotatable bonds is 3. The first-order valence-corrected chi connectivity index (χ1v) is 5.84. The predicted octanol–water partition coefficient (Wildman–Crippen LogP) is 2.05. The van der Waals surface area contributed by atoms with Crippen LogP contribution < -0.4 is 0 Å². The molecule has 0 unspecified atom stereocenters. The number of aromatic nitrogens is 2. The molecular weight excluding hydrogens is 286 g/mol. The van der Waals surface area contributed by atoms with Gasteiger partial charge in [0.25, 0.3) is 5.91 Å². The standard InChI is InChI=1S/C11H12BrN3O2/c1-14-6-5-13-10(14)7-15(2)11(16)8-3-4-9(12)17-8/h3-6H,7H2,1-2H3. The molecule has 0 aromatic carbocycles. The van der Waals surface area contributed by atoms with Crippen molar-refractivity contribution in [1.29, 1.82) is 0 Å². The fraction of sp³-hybridized carbons (Fsp3) is 0.273. The Morgan fingerprint density at radius 3 is 2.88 bits per heavy atom. The minimum atomic E-state index is -0.168. The molecule has 2 aromatic heterocycles. The monoisotopic (exact) mass is 297 g/mol. The van der Waals surface area contributed by atoms with Crippen LogP contribution in [0.15, 0.2) is 33.6 Å². The Hall–Kier alpha value is -1.56. The molecular formula is C11H12BrN3O2. The average molecular weight is 298 g/mol. The molecule has 1 amide bonds. The zero-order valence-electron chi connectivity index (χ0n) is 9.55. The summed E-state index contributed by atoms with van der Waals surface area (Å²) in [6.07, 6.45) is 3.55. The van der Waals surface area contributed by atoms with Gasteiger partial charge in [-0.3, -0.25) is 4.79 Å². The molecule has 0 aliphatic carbocycles. The van der Waals surface area contributed by atoms with Crippen molar-refractivity contribution in [1.82, 2.24) is 14.5 Å². The molecule has 0 aliphatic heterocycles. The van der Waals surface area contributed by atoms with Crippen molar-refractivity contribution >= 4 is 21.8 Å². The van der Waals surface area contributed by atoms with Crippen molar-refractivity contribution in [3.05, 3.63) is 40.8 Å². The second kappa shape index (κ2) is 4.75. The number of halogens is 1.